The summed E-state index contributed by atoms with van der Waals surface area (Å²) >= 11 is 3.41. The molecule has 37 heavy (non-hydrogen) atoms. The molecule has 0 atom stereocenters. The number of carbonyl (C=O) groups excluding carboxylic acids is 2. The van der Waals surface area contributed by atoms with Gasteiger partial charge in [-0.1, -0.05) is 88.7 Å². The molecule has 2 heterocycles. The van der Waals surface area contributed by atoms with Gasteiger partial charge in [0, 0.05) is 41.8 Å². The van der Waals surface area contributed by atoms with Crippen molar-refractivity contribution in [2.24, 2.45) is 0 Å². The lowest BCUT2D eigenvalue weighted by Crippen LogP contribution is -2.23. The SMILES string of the molecule is N#Cc1ccc2c(c1)C(=O)N(Cc1ccccc1)C2.O=C1c2cc(Br)ccc2CN1Cc1ccccc1. The van der Waals surface area contributed by atoms with E-state index in [1.54, 1.807) is 17.0 Å². The first-order valence-corrected chi connectivity index (χ1v) is 12.8. The molecule has 2 aliphatic heterocycles. The van der Waals surface area contributed by atoms with Gasteiger partial charge in [-0.05, 0) is 46.5 Å². The van der Waals surface area contributed by atoms with Gasteiger partial charge in [-0.2, -0.15) is 5.26 Å². The number of hydrogen-bond donors (Lipinski definition) is 0. The number of amides is 2. The maximum atomic E-state index is 12.3. The second-order valence-corrected chi connectivity index (χ2v) is 9.99. The van der Waals surface area contributed by atoms with Crippen molar-refractivity contribution in [3.63, 3.8) is 0 Å². The second kappa shape index (κ2) is 10.8. The summed E-state index contributed by atoms with van der Waals surface area (Å²) in [6, 6.07) is 33.3. The molecule has 2 aliphatic rings. The molecule has 4 aromatic rings. The Morgan fingerprint density at radius 1 is 0.676 bits per heavy atom. The molecule has 0 unspecified atom stereocenters. The standard InChI is InChI=1S/C16H12N2O.C15H12BrNO/c17-9-13-6-7-14-11-18(16(19)15(14)8-13)10-12-4-2-1-3-5-12;16-13-7-6-12-10-17(15(18)14(12)8-13)9-11-4-2-1-3-5-11/h1-8H,10-11H2;1-8H,9-10H2. The van der Waals surface area contributed by atoms with Gasteiger partial charge in [-0.25, -0.2) is 0 Å². The van der Waals surface area contributed by atoms with Gasteiger partial charge in [-0.3, -0.25) is 9.59 Å². The van der Waals surface area contributed by atoms with Gasteiger partial charge in [0.05, 0.1) is 11.6 Å². The number of fused-ring (bicyclic) bond motifs is 2. The van der Waals surface area contributed by atoms with Crippen molar-refractivity contribution in [3.05, 3.63) is 140 Å². The fraction of sp³-hybridized carbons (Fsp3) is 0.129. The van der Waals surface area contributed by atoms with Crippen LogP contribution in [0.4, 0.5) is 0 Å². The fourth-order valence-electron chi connectivity index (χ4n) is 4.63. The van der Waals surface area contributed by atoms with E-state index in [-0.39, 0.29) is 11.8 Å². The summed E-state index contributed by atoms with van der Waals surface area (Å²) in [4.78, 5) is 28.2. The van der Waals surface area contributed by atoms with E-state index >= 15 is 0 Å². The summed E-state index contributed by atoms with van der Waals surface area (Å²) in [5.74, 6) is 0.131. The Kier molecular flexibility index (Phi) is 7.16. The predicted octanol–water partition coefficient (Wildman–Crippen LogP) is 6.32. The van der Waals surface area contributed by atoms with Crippen molar-refractivity contribution in [1.82, 2.24) is 9.80 Å². The van der Waals surface area contributed by atoms with Gasteiger partial charge in [-0.15, -0.1) is 0 Å². The van der Waals surface area contributed by atoms with Crippen molar-refractivity contribution in [2.75, 3.05) is 0 Å². The number of halogens is 1. The Hall–Kier alpha value is -4.21. The molecule has 0 saturated carbocycles. The van der Waals surface area contributed by atoms with Crippen LogP contribution in [-0.4, -0.2) is 21.6 Å². The highest BCUT2D eigenvalue weighted by atomic mass is 79.9. The van der Waals surface area contributed by atoms with Crippen molar-refractivity contribution in [2.45, 2.75) is 26.2 Å². The van der Waals surface area contributed by atoms with E-state index in [4.69, 9.17) is 5.26 Å². The van der Waals surface area contributed by atoms with Gasteiger partial charge < -0.3 is 9.80 Å². The number of hydrogen-bond acceptors (Lipinski definition) is 3. The molecular formula is C31H24BrN3O2. The first-order chi connectivity index (χ1) is 18.0. The minimum Gasteiger partial charge on any atom is -0.330 e. The van der Waals surface area contributed by atoms with E-state index < -0.39 is 0 Å². The number of rotatable bonds is 4. The Morgan fingerprint density at radius 3 is 1.68 bits per heavy atom. The molecule has 0 spiro atoms. The molecule has 0 N–H and O–H groups in total. The van der Waals surface area contributed by atoms with Crippen LogP contribution in [0.5, 0.6) is 0 Å². The first kappa shape index (κ1) is 24.5. The Bertz CT molecular complexity index is 1500. The molecule has 0 saturated heterocycles. The molecule has 0 aliphatic carbocycles. The van der Waals surface area contributed by atoms with Crippen LogP contribution in [0.1, 0.15) is 48.5 Å². The lowest BCUT2D eigenvalue weighted by Gasteiger charge is -2.15. The highest BCUT2D eigenvalue weighted by molar-refractivity contribution is 9.10. The molecular weight excluding hydrogens is 526 g/mol. The van der Waals surface area contributed by atoms with Crippen LogP contribution < -0.4 is 0 Å². The van der Waals surface area contributed by atoms with Crippen molar-refractivity contribution in [1.29, 1.82) is 5.26 Å². The molecule has 0 fully saturated rings. The highest BCUT2D eigenvalue weighted by Crippen LogP contribution is 2.27. The van der Waals surface area contributed by atoms with Crippen molar-refractivity contribution >= 4 is 27.7 Å². The third-order valence-corrected chi connectivity index (χ3v) is 6.99. The largest absolute Gasteiger partial charge is 0.330 e. The monoisotopic (exact) mass is 549 g/mol. The molecule has 0 radical (unpaired) electrons. The van der Waals surface area contributed by atoms with Gasteiger partial charge in [0.15, 0.2) is 0 Å². The summed E-state index contributed by atoms with van der Waals surface area (Å²) in [5, 5.41) is 8.88. The third-order valence-electron chi connectivity index (χ3n) is 6.50. The predicted molar refractivity (Wildman–Crippen MR) is 145 cm³/mol. The number of carbonyl (C=O) groups is 2. The number of nitrogens with zero attached hydrogens (tertiary/aromatic N) is 3. The zero-order valence-corrected chi connectivity index (χ0v) is 21.7. The first-order valence-electron chi connectivity index (χ1n) is 12.0. The molecule has 5 nitrogen and oxygen atoms in total. The minimum atomic E-state index is 0.0101. The van der Waals surface area contributed by atoms with E-state index in [9.17, 15) is 9.59 Å². The zero-order valence-electron chi connectivity index (χ0n) is 20.1. The van der Waals surface area contributed by atoms with Crippen LogP contribution in [0.3, 0.4) is 0 Å². The van der Waals surface area contributed by atoms with E-state index in [0.29, 0.717) is 37.3 Å². The zero-order chi connectivity index (χ0) is 25.8. The highest BCUT2D eigenvalue weighted by Gasteiger charge is 2.28. The van der Waals surface area contributed by atoms with Gasteiger partial charge in [0.25, 0.3) is 11.8 Å². The maximum Gasteiger partial charge on any atom is 0.254 e. The summed E-state index contributed by atoms with van der Waals surface area (Å²) in [7, 11) is 0. The normalized spacial score (nSPS) is 13.5. The van der Waals surface area contributed by atoms with E-state index in [1.807, 2.05) is 89.8 Å². The van der Waals surface area contributed by atoms with Crippen LogP contribution >= 0.6 is 15.9 Å². The molecule has 2 amide bonds. The minimum absolute atomic E-state index is 0.0101. The van der Waals surface area contributed by atoms with E-state index in [0.717, 1.165) is 32.3 Å². The lowest BCUT2D eigenvalue weighted by atomic mass is 10.1. The Labute approximate surface area is 224 Å². The maximum absolute atomic E-state index is 12.3. The summed E-state index contributed by atoms with van der Waals surface area (Å²) in [6.45, 7) is 2.60. The van der Waals surface area contributed by atoms with Gasteiger partial charge >= 0.3 is 0 Å². The fourth-order valence-corrected chi connectivity index (χ4v) is 4.99. The summed E-state index contributed by atoms with van der Waals surface area (Å²) < 4.78 is 0.955. The third kappa shape index (κ3) is 5.47. The quantitative estimate of drug-likeness (QED) is 0.299. The molecule has 182 valence electrons. The van der Waals surface area contributed by atoms with Crippen LogP contribution in [0.15, 0.2) is 102 Å². The molecule has 4 aromatic carbocycles. The second-order valence-electron chi connectivity index (χ2n) is 9.08. The average Bonchev–Trinajstić information content (AvgIpc) is 3.40. The van der Waals surface area contributed by atoms with Crippen LogP contribution in [-0.2, 0) is 26.2 Å². The molecule has 6 heteroatoms. The van der Waals surface area contributed by atoms with Gasteiger partial charge in [0.2, 0.25) is 0 Å². The topological polar surface area (TPSA) is 64.4 Å². The Balaban J connectivity index is 0.000000152. The van der Waals surface area contributed by atoms with Crippen molar-refractivity contribution in [3.8, 4) is 6.07 Å². The van der Waals surface area contributed by atoms with Crippen LogP contribution in [0.25, 0.3) is 0 Å². The molecule has 0 aromatic heterocycles. The number of benzene rings is 4. The van der Waals surface area contributed by atoms with Gasteiger partial charge in [0.1, 0.15) is 0 Å². The van der Waals surface area contributed by atoms with Crippen LogP contribution in [0, 0.1) is 11.3 Å². The van der Waals surface area contributed by atoms with E-state index in [1.165, 1.54) is 0 Å². The van der Waals surface area contributed by atoms with Crippen molar-refractivity contribution < 1.29 is 9.59 Å². The smallest absolute Gasteiger partial charge is 0.254 e. The van der Waals surface area contributed by atoms with E-state index in [2.05, 4.69) is 22.0 Å². The Morgan fingerprint density at radius 2 is 1.16 bits per heavy atom. The summed E-state index contributed by atoms with van der Waals surface area (Å²) in [5.41, 5.74) is 6.41. The molecule has 0 bridgehead atoms. The van der Waals surface area contributed by atoms with Crippen LogP contribution in [0.2, 0.25) is 0 Å². The molecule has 6 rings (SSSR count). The lowest BCUT2D eigenvalue weighted by molar-refractivity contribution is 0.0759. The average molecular weight is 550 g/mol. The summed E-state index contributed by atoms with van der Waals surface area (Å²) in [6.07, 6.45) is 0. The number of nitriles is 1.